The van der Waals surface area contributed by atoms with Gasteiger partial charge in [-0.2, -0.15) is 0 Å². The molecule has 0 aliphatic carbocycles. The van der Waals surface area contributed by atoms with Gasteiger partial charge in [0.2, 0.25) is 5.91 Å². The van der Waals surface area contributed by atoms with Crippen LogP contribution in [0.25, 0.3) is 0 Å². The average molecular weight is 429 g/mol. The van der Waals surface area contributed by atoms with Gasteiger partial charge in [-0.15, -0.1) is 0 Å². The first-order valence-electron chi connectivity index (χ1n) is 11.9. The third kappa shape index (κ3) is 14.2. The van der Waals surface area contributed by atoms with E-state index in [2.05, 4.69) is 17.6 Å². The van der Waals surface area contributed by atoms with Crippen LogP contribution in [0.3, 0.4) is 0 Å². The molecule has 2 atom stereocenters. The molecule has 30 heavy (non-hydrogen) atoms. The van der Waals surface area contributed by atoms with Crippen LogP contribution in [0.1, 0.15) is 105 Å². The van der Waals surface area contributed by atoms with Crippen molar-refractivity contribution in [3.05, 3.63) is 0 Å². The molecular weight excluding hydrogens is 384 g/mol. The fourth-order valence-corrected chi connectivity index (χ4v) is 2.90. The fraction of sp³-hybridized carbons (Fsp3) is 0.870. The number of hydrogen-bond acceptors (Lipinski definition) is 5. The van der Waals surface area contributed by atoms with E-state index in [0.717, 1.165) is 64.2 Å². The lowest BCUT2D eigenvalue weighted by atomic mass is 10.1. The third-order valence-corrected chi connectivity index (χ3v) is 4.88. The first-order chi connectivity index (χ1) is 14.5. The van der Waals surface area contributed by atoms with E-state index in [1.54, 1.807) is 0 Å². The lowest BCUT2D eigenvalue weighted by molar-refractivity contribution is -0.148. The number of alkyl carbamates (subject to hydrolysis) is 1. The van der Waals surface area contributed by atoms with Gasteiger partial charge >= 0.3 is 12.1 Å². The lowest BCUT2D eigenvalue weighted by Crippen LogP contribution is -2.52. The van der Waals surface area contributed by atoms with E-state index in [9.17, 15) is 14.4 Å². The maximum atomic E-state index is 12.8. The second-order valence-corrected chi connectivity index (χ2v) is 7.76. The van der Waals surface area contributed by atoms with E-state index in [-0.39, 0.29) is 5.91 Å². The summed E-state index contributed by atoms with van der Waals surface area (Å²) in [5.41, 5.74) is 0. The predicted octanol–water partition coefficient (Wildman–Crippen LogP) is 4.87. The van der Waals surface area contributed by atoms with Gasteiger partial charge in [0.05, 0.1) is 13.2 Å². The van der Waals surface area contributed by atoms with Crippen molar-refractivity contribution in [2.75, 3.05) is 13.2 Å². The maximum absolute atomic E-state index is 12.8. The first-order valence-corrected chi connectivity index (χ1v) is 11.9. The van der Waals surface area contributed by atoms with Crippen LogP contribution in [-0.4, -0.2) is 43.3 Å². The molecule has 0 bridgehead atoms. The number of nitrogens with one attached hydrogen (secondary N) is 2. The average Bonchev–Trinajstić information content (AvgIpc) is 2.73. The van der Waals surface area contributed by atoms with Gasteiger partial charge < -0.3 is 20.1 Å². The quantitative estimate of drug-likeness (QED) is 0.240. The van der Waals surface area contributed by atoms with Crippen LogP contribution in [0.5, 0.6) is 0 Å². The molecule has 0 aliphatic rings. The SMILES string of the molecule is CCCCCCOC(=O)C(CCCC)NC(=O)C(CCCC)NC(=O)OCCCC. The van der Waals surface area contributed by atoms with Gasteiger partial charge in [-0.1, -0.05) is 79.1 Å². The normalized spacial score (nSPS) is 12.7. The van der Waals surface area contributed by atoms with E-state index in [1.807, 2.05) is 20.8 Å². The molecule has 0 spiro atoms. The van der Waals surface area contributed by atoms with Crippen LogP contribution >= 0.6 is 0 Å². The fourth-order valence-electron chi connectivity index (χ4n) is 2.90. The van der Waals surface area contributed by atoms with Crippen molar-refractivity contribution in [3.63, 3.8) is 0 Å². The molecule has 0 saturated heterocycles. The van der Waals surface area contributed by atoms with Crippen LogP contribution in [0, 0.1) is 0 Å². The summed E-state index contributed by atoms with van der Waals surface area (Å²) in [6.07, 6.45) is 9.64. The molecule has 0 heterocycles. The van der Waals surface area contributed by atoms with Crippen molar-refractivity contribution in [2.24, 2.45) is 0 Å². The summed E-state index contributed by atoms with van der Waals surface area (Å²) >= 11 is 0. The Morgan fingerprint density at radius 2 is 1.20 bits per heavy atom. The second kappa shape index (κ2) is 19.2. The number of unbranched alkanes of at least 4 members (excludes halogenated alkanes) is 6. The standard InChI is InChI=1S/C23H44N2O5/c1-5-9-13-14-18-29-22(27)20(16-11-7-3)24-21(26)19(15-10-6-2)25-23(28)30-17-12-8-4/h19-20H,5-18H2,1-4H3,(H,24,26)(H,25,28). The lowest BCUT2D eigenvalue weighted by Gasteiger charge is -2.22. The summed E-state index contributed by atoms with van der Waals surface area (Å²) in [6.45, 7) is 8.90. The summed E-state index contributed by atoms with van der Waals surface area (Å²) < 4.78 is 10.5. The van der Waals surface area contributed by atoms with Crippen molar-refractivity contribution in [2.45, 2.75) is 117 Å². The van der Waals surface area contributed by atoms with Gasteiger partial charge in [0.15, 0.2) is 0 Å². The molecule has 0 saturated carbocycles. The Bertz CT molecular complexity index is 471. The number of rotatable bonds is 18. The zero-order chi connectivity index (χ0) is 22.6. The molecule has 0 rings (SSSR count). The highest BCUT2D eigenvalue weighted by Crippen LogP contribution is 2.08. The largest absolute Gasteiger partial charge is 0.464 e. The van der Waals surface area contributed by atoms with Gasteiger partial charge in [0.1, 0.15) is 12.1 Å². The smallest absolute Gasteiger partial charge is 0.407 e. The molecular formula is C23H44N2O5. The Morgan fingerprint density at radius 3 is 1.80 bits per heavy atom. The molecule has 0 aromatic heterocycles. The van der Waals surface area contributed by atoms with Crippen molar-refractivity contribution < 1.29 is 23.9 Å². The predicted molar refractivity (Wildman–Crippen MR) is 119 cm³/mol. The Morgan fingerprint density at radius 1 is 0.633 bits per heavy atom. The van der Waals surface area contributed by atoms with Crippen LogP contribution in [0.2, 0.25) is 0 Å². The van der Waals surface area contributed by atoms with Crippen molar-refractivity contribution in [1.82, 2.24) is 10.6 Å². The molecule has 0 aliphatic heterocycles. The summed E-state index contributed by atoms with van der Waals surface area (Å²) in [4.78, 5) is 37.3. The van der Waals surface area contributed by atoms with Crippen LogP contribution < -0.4 is 10.6 Å². The number of amides is 2. The summed E-state index contributed by atoms with van der Waals surface area (Å²) in [5.74, 6) is -0.756. The van der Waals surface area contributed by atoms with Crippen LogP contribution in [0.4, 0.5) is 4.79 Å². The van der Waals surface area contributed by atoms with Crippen molar-refractivity contribution >= 4 is 18.0 Å². The molecule has 2 N–H and O–H groups in total. The van der Waals surface area contributed by atoms with Gasteiger partial charge in [-0.05, 0) is 25.7 Å². The zero-order valence-electron chi connectivity index (χ0n) is 19.6. The van der Waals surface area contributed by atoms with Gasteiger partial charge in [0.25, 0.3) is 0 Å². The molecule has 7 heteroatoms. The van der Waals surface area contributed by atoms with Gasteiger partial charge in [0, 0.05) is 0 Å². The molecule has 2 amide bonds. The van der Waals surface area contributed by atoms with E-state index in [4.69, 9.17) is 9.47 Å². The molecule has 0 aromatic rings. The minimum Gasteiger partial charge on any atom is -0.464 e. The number of esters is 1. The highest BCUT2D eigenvalue weighted by Gasteiger charge is 2.27. The van der Waals surface area contributed by atoms with Gasteiger partial charge in [-0.3, -0.25) is 4.79 Å². The van der Waals surface area contributed by atoms with E-state index in [0.29, 0.717) is 26.1 Å². The molecule has 7 nitrogen and oxygen atoms in total. The monoisotopic (exact) mass is 428 g/mol. The minimum absolute atomic E-state index is 0.327. The highest BCUT2D eigenvalue weighted by molar-refractivity contribution is 5.89. The zero-order valence-corrected chi connectivity index (χ0v) is 19.6. The minimum atomic E-state index is -0.722. The highest BCUT2D eigenvalue weighted by atomic mass is 16.5. The second-order valence-electron chi connectivity index (χ2n) is 7.76. The van der Waals surface area contributed by atoms with Crippen molar-refractivity contribution in [1.29, 1.82) is 0 Å². The van der Waals surface area contributed by atoms with Crippen LogP contribution in [0.15, 0.2) is 0 Å². The number of carbonyl (C=O) groups excluding carboxylic acids is 3. The molecule has 0 aromatic carbocycles. The Hall–Kier alpha value is -1.79. The molecule has 0 radical (unpaired) electrons. The molecule has 0 fully saturated rings. The molecule has 2 unspecified atom stereocenters. The van der Waals surface area contributed by atoms with Gasteiger partial charge in [-0.25, -0.2) is 9.59 Å². The topological polar surface area (TPSA) is 93.7 Å². The maximum Gasteiger partial charge on any atom is 0.407 e. The summed E-state index contributed by atoms with van der Waals surface area (Å²) in [7, 11) is 0. The summed E-state index contributed by atoms with van der Waals surface area (Å²) in [6, 6.07) is -1.41. The van der Waals surface area contributed by atoms with E-state index in [1.165, 1.54) is 0 Å². The molecule has 176 valence electrons. The third-order valence-electron chi connectivity index (χ3n) is 4.88. The number of ether oxygens (including phenoxy) is 2. The Balaban J connectivity index is 4.82. The van der Waals surface area contributed by atoms with E-state index < -0.39 is 24.1 Å². The number of carbonyl (C=O) groups is 3. The van der Waals surface area contributed by atoms with Crippen molar-refractivity contribution in [3.8, 4) is 0 Å². The van der Waals surface area contributed by atoms with Crippen LogP contribution in [-0.2, 0) is 19.1 Å². The Labute approximate surface area is 183 Å². The Kier molecular flexibility index (Phi) is 18.0. The summed E-state index contributed by atoms with van der Waals surface area (Å²) in [5, 5.41) is 5.45. The van der Waals surface area contributed by atoms with E-state index >= 15 is 0 Å². The first kappa shape index (κ1) is 28.2. The number of hydrogen-bond donors (Lipinski definition) is 2.